The Hall–Kier alpha value is -2.56. The Bertz CT molecular complexity index is 1150. The minimum absolute atomic E-state index is 0.00395. The monoisotopic (exact) mass is 378 g/mol. The third-order valence-corrected chi connectivity index (χ3v) is 5.28. The Morgan fingerprint density at radius 3 is 2.84 bits per heavy atom. The van der Waals surface area contributed by atoms with Crippen molar-refractivity contribution >= 4 is 37.5 Å². The number of carbonyl (C=O) groups excluding carboxylic acids is 1. The van der Waals surface area contributed by atoms with Gasteiger partial charge in [-0.15, -0.1) is 6.58 Å². The summed E-state index contributed by atoms with van der Waals surface area (Å²) in [6.45, 7) is 5.79. The quantitative estimate of drug-likeness (QED) is 0.691. The molecule has 1 amide bonds. The molecule has 2 N–H and O–H groups in total. The van der Waals surface area contributed by atoms with E-state index in [0.717, 1.165) is 5.52 Å². The first kappa shape index (κ1) is 17.3. The van der Waals surface area contributed by atoms with Crippen molar-refractivity contribution in [1.29, 1.82) is 0 Å². The van der Waals surface area contributed by atoms with Crippen LogP contribution in [-0.2, 0) is 16.6 Å². The summed E-state index contributed by atoms with van der Waals surface area (Å²) in [6, 6.07) is 5.99. The number of thiazole rings is 1. The second-order valence-corrected chi connectivity index (χ2v) is 7.78. The normalized spacial score (nSPS) is 12.6. The van der Waals surface area contributed by atoms with Crippen molar-refractivity contribution in [2.75, 3.05) is 0 Å². The van der Waals surface area contributed by atoms with Crippen LogP contribution in [-0.4, -0.2) is 24.0 Å². The van der Waals surface area contributed by atoms with Gasteiger partial charge in [0.2, 0.25) is 15.8 Å². The molecule has 0 saturated heterocycles. The number of benzene rings is 1. The first-order chi connectivity index (χ1) is 11.8. The SMILES string of the molecule is C=CCn1c(=NC(=O)c2cc(C)no2)sc2cc(S(N)(=O)=O)ccc21. The van der Waals surface area contributed by atoms with E-state index in [1.165, 1.54) is 29.5 Å². The maximum absolute atomic E-state index is 12.2. The highest BCUT2D eigenvalue weighted by Crippen LogP contribution is 2.21. The summed E-state index contributed by atoms with van der Waals surface area (Å²) >= 11 is 1.17. The van der Waals surface area contributed by atoms with Gasteiger partial charge < -0.3 is 9.09 Å². The standard InChI is InChI=1S/C15H14N4O4S2/c1-3-6-19-11-5-4-10(25(16,21)22)8-13(11)24-15(19)17-14(20)12-7-9(2)18-23-12/h3-5,7-8H,1,6H2,2H3,(H2,16,21,22). The molecule has 2 heterocycles. The van der Waals surface area contributed by atoms with Crippen molar-refractivity contribution < 1.29 is 17.7 Å². The lowest BCUT2D eigenvalue weighted by Crippen LogP contribution is -2.16. The molecule has 0 saturated carbocycles. The van der Waals surface area contributed by atoms with Crippen LogP contribution in [0.5, 0.6) is 0 Å². The molecule has 0 bridgehead atoms. The second kappa shape index (κ2) is 6.39. The molecule has 0 atom stereocenters. The number of fused-ring (bicyclic) bond motifs is 1. The highest BCUT2D eigenvalue weighted by molar-refractivity contribution is 7.89. The maximum atomic E-state index is 12.2. The molecule has 0 spiro atoms. The van der Waals surface area contributed by atoms with Gasteiger partial charge in [-0.25, -0.2) is 13.6 Å². The molecule has 0 fully saturated rings. The molecule has 8 nitrogen and oxygen atoms in total. The van der Waals surface area contributed by atoms with Gasteiger partial charge >= 0.3 is 5.91 Å². The van der Waals surface area contributed by atoms with Crippen LogP contribution in [0, 0.1) is 6.92 Å². The van der Waals surface area contributed by atoms with Crippen molar-refractivity contribution in [1.82, 2.24) is 9.72 Å². The summed E-state index contributed by atoms with van der Waals surface area (Å²) in [5.74, 6) is -0.540. The third kappa shape index (κ3) is 3.45. The van der Waals surface area contributed by atoms with Crippen LogP contribution in [0.2, 0.25) is 0 Å². The topological polar surface area (TPSA) is 121 Å². The first-order valence-corrected chi connectivity index (χ1v) is 9.45. The van der Waals surface area contributed by atoms with Crippen LogP contribution in [0.25, 0.3) is 10.2 Å². The minimum atomic E-state index is -3.82. The number of primary sulfonamides is 1. The molecule has 0 radical (unpaired) electrons. The van der Waals surface area contributed by atoms with Crippen molar-refractivity contribution in [3.8, 4) is 0 Å². The van der Waals surface area contributed by atoms with E-state index < -0.39 is 15.9 Å². The smallest absolute Gasteiger partial charge is 0.318 e. The first-order valence-electron chi connectivity index (χ1n) is 7.09. The average molecular weight is 378 g/mol. The molecule has 1 aromatic carbocycles. The Labute approximate surface area is 146 Å². The number of allylic oxidation sites excluding steroid dienone is 1. The van der Waals surface area contributed by atoms with Crippen LogP contribution in [0.1, 0.15) is 16.2 Å². The molecule has 0 unspecified atom stereocenters. The van der Waals surface area contributed by atoms with E-state index in [0.29, 0.717) is 21.7 Å². The van der Waals surface area contributed by atoms with Crippen LogP contribution < -0.4 is 9.94 Å². The zero-order chi connectivity index (χ0) is 18.2. The van der Waals surface area contributed by atoms with Crippen molar-refractivity contribution in [2.45, 2.75) is 18.4 Å². The molecule has 2 aromatic heterocycles. The fraction of sp³-hybridized carbons (Fsp3) is 0.133. The van der Waals surface area contributed by atoms with Crippen molar-refractivity contribution in [2.24, 2.45) is 10.1 Å². The molecular formula is C15H14N4O4S2. The van der Waals surface area contributed by atoms with Gasteiger partial charge in [-0.2, -0.15) is 4.99 Å². The van der Waals surface area contributed by atoms with E-state index in [1.54, 1.807) is 23.6 Å². The summed E-state index contributed by atoms with van der Waals surface area (Å²) in [5, 5.41) is 8.83. The number of nitrogens with two attached hydrogens (primary N) is 1. The minimum Gasteiger partial charge on any atom is -0.351 e. The molecule has 10 heteroatoms. The zero-order valence-corrected chi connectivity index (χ0v) is 14.8. The largest absolute Gasteiger partial charge is 0.351 e. The van der Waals surface area contributed by atoms with Crippen LogP contribution in [0.3, 0.4) is 0 Å². The predicted molar refractivity (Wildman–Crippen MR) is 92.5 cm³/mol. The number of nitrogens with zero attached hydrogens (tertiary/aromatic N) is 3. The van der Waals surface area contributed by atoms with Crippen molar-refractivity contribution in [3.63, 3.8) is 0 Å². The van der Waals surface area contributed by atoms with Gasteiger partial charge in [0.25, 0.3) is 0 Å². The van der Waals surface area contributed by atoms with E-state index in [2.05, 4.69) is 16.7 Å². The summed E-state index contributed by atoms with van der Waals surface area (Å²) in [7, 11) is -3.82. The Kier molecular flexibility index (Phi) is 4.41. The van der Waals surface area contributed by atoms with Gasteiger partial charge in [0.15, 0.2) is 4.80 Å². The van der Waals surface area contributed by atoms with Gasteiger partial charge in [0, 0.05) is 12.6 Å². The Morgan fingerprint density at radius 2 is 2.24 bits per heavy atom. The highest BCUT2D eigenvalue weighted by atomic mass is 32.2. The van der Waals surface area contributed by atoms with Gasteiger partial charge in [-0.3, -0.25) is 4.79 Å². The molecule has 3 rings (SSSR count). The van der Waals surface area contributed by atoms with Gasteiger partial charge in [0.05, 0.1) is 20.8 Å². The summed E-state index contributed by atoms with van der Waals surface area (Å²) in [5.41, 5.74) is 1.30. The van der Waals surface area contributed by atoms with E-state index in [9.17, 15) is 13.2 Å². The van der Waals surface area contributed by atoms with Gasteiger partial charge in [-0.05, 0) is 25.1 Å². The number of aromatic nitrogens is 2. The number of rotatable bonds is 4. The Balaban J connectivity index is 2.19. The molecule has 25 heavy (non-hydrogen) atoms. The summed E-state index contributed by atoms with van der Waals surface area (Å²) in [6.07, 6.45) is 1.65. The number of carbonyl (C=O) groups is 1. The van der Waals surface area contributed by atoms with Gasteiger partial charge in [-0.1, -0.05) is 22.6 Å². The number of amides is 1. The van der Waals surface area contributed by atoms with Crippen LogP contribution in [0.4, 0.5) is 0 Å². The molecule has 0 aliphatic carbocycles. The average Bonchev–Trinajstić information content (AvgIpc) is 3.11. The summed E-state index contributed by atoms with van der Waals surface area (Å²) < 4.78 is 30.3. The lowest BCUT2D eigenvalue weighted by atomic mass is 10.3. The fourth-order valence-corrected chi connectivity index (χ4v) is 3.92. The summed E-state index contributed by atoms with van der Waals surface area (Å²) in [4.78, 5) is 16.7. The van der Waals surface area contributed by atoms with E-state index >= 15 is 0 Å². The number of sulfonamides is 1. The lowest BCUT2D eigenvalue weighted by Gasteiger charge is -2.02. The van der Waals surface area contributed by atoms with E-state index in [4.69, 9.17) is 9.66 Å². The molecule has 130 valence electrons. The second-order valence-electron chi connectivity index (χ2n) is 5.21. The predicted octanol–water partition coefficient (Wildman–Crippen LogP) is 1.57. The number of hydrogen-bond donors (Lipinski definition) is 1. The number of aryl methyl sites for hydroxylation is 1. The van der Waals surface area contributed by atoms with Crippen LogP contribution >= 0.6 is 11.3 Å². The maximum Gasteiger partial charge on any atom is 0.318 e. The third-order valence-electron chi connectivity index (χ3n) is 3.33. The van der Waals surface area contributed by atoms with Crippen LogP contribution in [0.15, 0.2) is 51.3 Å². The Morgan fingerprint density at radius 1 is 1.48 bits per heavy atom. The molecule has 0 aliphatic rings. The molecular weight excluding hydrogens is 364 g/mol. The van der Waals surface area contributed by atoms with Crippen molar-refractivity contribution in [3.05, 3.63) is 53.2 Å². The fourth-order valence-electron chi connectivity index (χ4n) is 2.23. The number of hydrogen-bond acceptors (Lipinski definition) is 6. The zero-order valence-electron chi connectivity index (χ0n) is 13.2. The lowest BCUT2D eigenvalue weighted by molar-refractivity contribution is 0.0962. The van der Waals surface area contributed by atoms with E-state index in [-0.39, 0.29) is 10.7 Å². The highest BCUT2D eigenvalue weighted by Gasteiger charge is 2.14. The van der Waals surface area contributed by atoms with Gasteiger partial charge in [0.1, 0.15) is 0 Å². The molecule has 0 aliphatic heterocycles. The van der Waals surface area contributed by atoms with E-state index in [1.807, 2.05) is 0 Å². The molecule has 3 aromatic rings.